The minimum atomic E-state index is -0.417. The third-order valence-corrected chi connectivity index (χ3v) is 5.78. The Morgan fingerprint density at radius 3 is 2.52 bits per heavy atom. The first-order valence-electron chi connectivity index (χ1n) is 10.4. The molecule has 0 saturated heterocycles. The predicted molar refractivity (Wildman–Crippen MR) is 134 cm³/mol. The van der Waals surface area contributed by atoms with Crippen molar-refractivity contribution in [1.29, 1.82) is 0 Å². The third kappa shape index (κ3) is 4.66. The molecule has 0 unspecified atom stereocenters. The SMILES string of the molecule is O=C(N/N=C/c1c(OCc2ccc(Br)cc2)ccc2ccccc12)c1cc2ccccc2o1. The number of amides is 1. The first kappa shape index (κ1) is 21.0. The highest BCUT2D eigenvalue weighted by Gasteiger charge is 2.12. The topological polar surface area (TPSA) is 63.8 Å². The van der Waals surface area contributed by atoms with Crippen LogP contribution in [0.3, 0.4) is 0 Å². The van der Waals surface area contributed by atoms with Gasteiger partial charge in [-0.25, -0.2) is 5.43 Å². The summed E-state index contributed by atoms with van der Waals surface area (Å²) in [6, 6.07) is 29.1. The Balaban J connectivity index is 1.39. The molecule has 162 valence electrons. The van der Waals surface area contributed by atoms with Crippen LogP contribution in [0, 0.1) is 0 Å². The van der Waals surface area contributed by atoms with Gasteiger partial charge in [0.25, 0.3) is 0 Å². The quantitative estimate of drug-likeness (QED) is 0.209. The van der Waals surface area contributed by atoms with E-state index < -0.39 is 5.91 Å². The van der Waals surface area contributed by atoms with Crippen molar-refractivity contribution in [2.75, 3.05) is 0 Å². The molecule has 0 aliphatic heterocycles. The van der Waals surface area contributed by atoms with Crippen LogP contribution in [0.2, 0.25) is 0 Å². The van der Waals surface area contributed by atoms with Gasteiger partial charge in [-0.3, -0.25) is 4.79 Å². The summed E-state index contributed by atoms with van der Waals surface area (Å²) in [5.41, 5.74) is 5.05. The molecule has 0 spiro atoms. The summed E-state index contributed by atoms with van der Waals surface area (Å²) in [6.07, 6.45) is 1.61. The highest BCUT2D eigenvalue weighted by atomic mass is 79.9. The lowest BCUT2D eigenvalue weighted by molar-refractivity contribution is 0.0929. The Labute approximate surface area is 198 Å². The number of fused-ring (bicyclic) bond motifs is 2. The van der Waals surface area contributed by atoms with E-state index in [0.717, 1.165) is 31.8 Å². The minimum Gasteiger partial charge on any atom is -0.488 e. The Hall–Kier alpha value is -3.90. The molecule has 0 atom stereocenters. The van der Waals surface area contributed by atoms with Crippen molar-refractivity contribution in [3.8, 4) is 5.75 Å². The molecule has 5 nitrogen and oxygen atoms in total. The number of hydrogen-bond donors (Lipinski definition) is 1. The Morgan fingerprint density at radius 2 is 1.70 bits per heavy atom. The lowest BCUT2D eigenvalue weighted by Gasteiger charge is -2.12. The summed E-state index contributed by atoms with van der Waals surface area (Å²) >= 11 is 3.45. The standard InChI is InChI=1S/C27H19BrN2O3/c28-21-12-9-18(10-13-21)17-32-25-14-11-19-5-1-3-7-22(19)23(25)16-29-30-27(31)26-15-20-6-2-4-8-24(20)33-26/h1-16H,17H2,(H,30,31)/b29-16+. The van der Waals surface area contributed by atoms with Gasteiger partial charge in [-0.2, -0.15) is 5.10 Å². The number of carbonyl (C=O) groups is 1. The van der Waals surface area contributed by atoms with E-state index in [9.17, 15) is 4.79 Å². The molecule has 0 saturated carbocycles. The van der Waals surface area contributed by atoms with E-state index in [0.29, 0.717) is 17.9 Å². The maximum Gasteiger partial charge on any atom is 0.307 e. The van der Waals surface area contributed by atoms with Crippen molar-refractivity contribution >= 4 is 49.8 Å². The van der Waals surface area contributed by atoms with Crippen molar-refractivity contribution in [3.05, 3.63) is 112 Å². The van der Waals surface area contributed by atoms with Crippen molar-refractivity contribution in [1.82, 2.24) is 5.43 Å². The van der Waals surface area contributed by atoms with Crippen LogP contribution in [0.25, 0.3) is 21.7 Å². The normalized spacial score (nSPS) is 11.3. The number of halogens is 1. The van der Waals surface area contributed by atoms with Crippen LogP contribution in [-0.2, 0) is 6.61 Å². The molecule has 33 heavy (non-hydrogen) atoms. The van der Waals surface area contributed by atoms with Gasteiger partial charge in [-0.1, -0.05) is 76.6 Å². The molecule has 6 heteroatoms. The molecule has 0 aliphatic rings. The van der Waals surface area contributed by atoms with Gasteiger partial charge >= 0.3 is 5.91 Å². The number of hydrazone groups is 1. The van der Waals surface area contributed by atoms with Crippen LogP contribution in [-0.4, -0.2) is 12.1 Å². The van der Waals surface area contributed by atoms with Gasteiger partial charge < -0.3 is 9.15 Å². The van der Waals surface area contributed by atoms with Crippen molar-refractivity contribution in [3.63, 3.8) is 0 Å². The summed E-state index contributed by atoms with van der Waals surface area (Å²) in [6.45, 7) is 0.414. The second-order valence-corrected chi connectivity index (χ2v) is 8.38. The predicted octanol–water partition coefficient (Wildman–Crippen LogP) is 6.69. The number of para-hydroxylation sites is 1. The number of furan rings is 1. The van der Waals surface area contributed by atoms with E-state index in [1.165, 1.54) is 0 Å². The molecule has 5 aromatic rings. The molecular formula is C27H19BrN2O3. The van der Waals surface area contributed by atoms with Crippen molar-refractivity contribution in [2.24, 2.45) is 5.10 Å². The van der Waals surface area contributed by atoms with Gasteiger partial charge in [0.05, 0.1) is 6.21 Å². The van der Waals surface area contributed by atoms with E-state index in [1.54, 1.807) is 12.3 Å². The third-order valence-electron chi connectivity index (χ3n) is 5.25. The highest BCUT2D eigenvalue weighted by Crippen LogP contribution is 2.27. The zero-order valence-corrected chi connectivity index (χ0v) is 19.1. The Kier molecular flexibility index (Phi) is 5.91. The maximum absolute atomic E-state index is 12.5. The van der Waals surface area contributed by atoms with E-state index in [-0.39, 0.29) is 5.76 Å². The lowest BCUT2D eigenvalue weighted by atomic mass is 10.0. The van der Waals surface area contributed by atoms with Crippen molar-refractivity contribution in [2.45, 2.75) is 6.61 Å². The second kappa shape index (κ2) is 9.30. The van der Waals surface area contributed by atoms with Crippen LogP contribution >= 0.6 is 15.9 Å². The number of hydrogen-bond acceptors (Lipinski definition) is 4. The Morgan fingerprint density at radius 1 is 0.939 bits per heavy atom. The van der Waals surface area contributed by atoms with Gasteiger partial charge in [0.15, 0.2) is 5.76 Å². The molecule has 0 bridgehead atoms. The van der Waals surface area contributed by atoms with Crippen molar-refractivity contribution < 1.29 is 13.9 Å². The molecule has 0 radical (unpaired) electrons. The van der Waals surface area contributed by atoms with E-state index in [2.05, 4.69) is 26.5 Å². The number of nitrogens with zero attached hydrogens (tertiary/aromatic N) is 1. The number of nitrogens with one attached hydrogen (secondary N) is 1. The smallest absolute Gasteiger partial charge is 0.307 e. The zero-order chi connectivity index (χ0) is 22.6. The molecule has 0 aliphatic carbocycles. The molecule has 1 N–H and O–H groups in total. The maximum atomic E-state index is 12.5. The van der Waals surface area contributed by atoms with Crippen LogP contribution in [0.4, 0.5) is 0 Å². The molecule has 1 amide bonds. The largest absolute Gasteiger partial charge is 0.488 e. The molecule has 1 heterocycles. The van der Waals surface area contributed by atoms with Gasteiger partial charge in [-0.05, 0) is 46.7 Å². The average Bonchev–Trinajstić information content (AvgIpc) is 3.29. The summed E-state index contributed by atoms with van der Waals surface area (Å²) < 4.78 is 12.7. The first-order chi connectivity index (χ1) is 16.2. The van der Waals surface area contributed by atoms with E-state index in [4.69, 9.17) is 9.15 Å². The van der Waals surface area contributed by atoms with E-state index in [1.807, 2.05) is 84.9 Å². The van der Waals surface area contributed by atoms with Gasteiger partial charge in [0.2, 0.25) is 0 Å². The number of ether oxygens (including phenoxy) is 1. The molecule has 5 rings (SSSR count). The summed E-state index contributed by atoms with van der Waals surface area (Å²) in [5, 5.41) is 7.09. The monoisotopic (exact) mass is 498 g/mol. The second-order valence-electron chi connectivity index (χ2n) is 7.46. The molecular weight excluding hydrogens is 480 g/mol. The number of rotatable bonds is 6. The van der Waals surface area contributed by atoms with Gasteiger partial charge in [-0.15, -0.1) is 0 Å². The first-order valence-corrected chi connectivity index (χ1v) is 11.2. The zero-order valence-electron chi connectivity index (χ0n) is 17.5. The highest BCUT2D eigenvalue weighted by molar-refractivity contribution is 9.10. The Bertz CT molecular complexity index is 1440. The van der Waals surface area contributed by atoms with Gasteiger partial charge in [0, 0.05) is 15.4 Å². The summed E-state index contributed by atoms with van der Waals surface area (Å²) in [7, 11) is 0. The minimum absolute atomic E-state index is 0.206. The van der Waals surface area contributed by atoms with Crippen LogP contribution < -0.4 is 10.2 Å². The number of benzene rings is 4. The van der Waals surface area contributed by atoms with Crippen LogP contribution in [0.1, 0.15) is 21.7 Å². The molecule has 0 fully saturated rings. The summed E-state index contributed by atoms with van der Waals surface area (Å²) in [5.74, 6) is 0.469. The summed E-state index contributed by atoms with van der Waals surface area (Å²) in [4.78, 5) is 12.5. The van der Waals surface area contributed by atoms with Gasteiger partial charge in [0.1, 0.15) is 17.9 Å². The average molecular weight is 499 g/mol. The fraction of sp³-hybridized carbons (Fsp3) is 0.0370. The lowest BCUT2D eigenvalue weighted by Crippen LogP contribution is -2.16. The fourth-order valence-electron chi connectivity index (χ4n) is 3.58. The molecule has 1 aromatic heterocycles. The number of carbonyl (C=O) groups excluding carboxylic acids is 1. The van der Waals surface area contributed by atoms with E-state index >= 15 is 0 Å². The fourth-order valence-corrected chi connectivity index (χ4v) is 3.84. The van der Waals surface area contributed by atoms with Crippen LogP contribution in [0.5, 0.6) is 5.75 Å². The molecule has 4 aromatic carbocycles. The van der Waals surface area contributed by atoms with Crippen LogP contribution in [0.15, 0.2) is 105 Å².